The number of piperidine rings is 1. The summed E-state index contributed by atoms with van der Waals surface area (Å²) in [5, 5.41) is 14.3. The normalized spacial score (nSPS) is 23.8. The van der Waals surface area contributed by atoms with Crippen LogP contribution in [0, 0.1) is 17.5 Å². The molecule has 1 aromatic carbocycles. The highest BCUT2D eigenvalue weighted by atomic mass is 19.1. The smallest absolute Gasteiger partial charge is 0.410 e. The monoisotopic (exact) mass is 598 g/mol. The topological polar surface area (TPSA) is 114 Å². The van der Waals surface area contributed by atoms with Crippen LogP contribution in [-0.2, 0) is 9.47 Å². The number of carbonyl (C=O) groups excluding carboxylic acids is 2. The second-order valence-electron chi connectivity index (χ2n) is 11.8. The van der Waals surface area contributed by atoms with E-state index in [4.69, 9.17) is 9.47 Å². The Balaban J connectivity index is 1.42. The fourth-order valence-electron chi connectivity index (χ4n) is 5.74. The third kappa shape index (κ3) is 6.07. The molecule has 3 aromatic rings. The second-order valence-corrected chi connectivity index (χ2v) is 11.8. The molecule has 0 radical (unpaired) electrons. The minimum Gasteiger partial charge on any atom is -0.444 e. The number of benzene rings is 1. The number of likely N-dealkylation sites (tertiary alicyclic amines) is 1. The lowest BCUT2D eigenvalue weighted by Crippen LogP contribution is -2.66. The number of carbonyl (C=O) groups is 2. The molecule has 12 heteroatoms. The summed E-state index contributed by atoms with van der Waals surface area (Å²) >= 11 is 0. The van der Waals surface area contributed by atoms with Gasteiger partial charge < -0.3 is 24.8 Å². The Kier molecular flexibility index (Phi) is 8.19. The van der Waals surface area contributed by atoms with E-state index < -0.39 is 70.2 Å². The van der Waals surface area contributed by atoms with Gasteiger partial charge in [-0.1, -0.05) is 6.07 Å². The number of halogens is 3. The SMILES string of the molecule is C[C@@H]1O[C@H](c2ccncc2NC(=O)c2ccc(F)c(-c3c(F)cccc3F)n2)C[C@@H]2N(C(=O)OC(C)(C)C)CCC[C@]12O. The lowest BCUT2D eigenvalue weighted by Gasteiger charge is -2.54. The van der Waals surface area contributed by atoms with Crippen molar-refractivity contribution >= 4 is 17.7 Å². The molecule has 2 aromatic heterocycles. The number of hydrogen-bond donors (Lipinski definition) is 2. The third-order valence-corrected chi connectivity index (χ3v) is 7.80. The molecule has 0 unspecified atom stereocenters. The number of amides is 2. The van der Waals surface area contributed by atoms with Gasteiger partial charge in [0.25, 0.3) is 5.91 Å². The maximum Gasteiger partial charge on any atom is 0.410 e. The Bertz CT molecular complexity index is 1530. The predicted molar refractivity (Wildman–Crippen MR) is 151 cm³/mol. The number of fused-ring (bicyclic) bond motifs is 1. The number of anilines is 1. The molecule has 0 saturated carbocycles. The van der Waals surface area contributed by atoms with E-state index in [1.807, 2.05) is 0 Å². The largest absolute Gasteiger partial charge is 0.444 e. The van der Waals surface area contributed by atoms with Gasteiger partial charge in [0.1, 0.15) is 40.0 Å². The lowest BCUT2D eigenvalue weighted by molar-refractivity contribution is -0.218. The quantitative estimate of drug-likeness (QED) is 0.391. The molecule has 9 nitrogen and oxygen atoms in total. The molecule has 2 aliphatic rings. The van der Waals surface area contributed by atoms with Gasteiger partial charge in [-0.05, 0) is 70.9 Å². The van der Waals surface area contributed by atoms with Crippen molar-refractivity contribution in [3.05, 3.63) is 77.5 Å². The van der Waals surface area contributed by atoms with Crippen molar-refractivity contribution in [3.63, 3.8) is 0 Å². The van der Waals surface area contributed by atoms with E-state index in [9.17, 15) is 27.9 Å². The highest BCUT2D eigenvalue weighted by Gasteiger charge is 2.54. The summed E-state index contributed by atoms with van der Waals surface area (Å²) in [6.07, 6.45) is 2.27. The standard InChI is InChI=1S/C31H33F3N4O5/c1-17-31(41)12-6-14-38(29(40)43-30(2,3)4)25(31)15-24(42-17)18-11-13-35-16-23(18)37-28(39)22-10-9-21(34)27(36-22)26-19(32)7-5-8-20(26)33/h5,7-11,13,16-17,24-25,41H,6,12,14-15H2,1-4H3,(H,37,39)/t17-,24-,25-,31-/m0/s1. The molecule has 4 heterocycles. The number of rotatable bonds is 4. The van der Waals surface area contributed by atoms with Crippen LogP contribution in [0.15, 0.2) is 48.8 Å². The van der Waals surface area contributed by atoms with Gasteiger partial charge in [0.15, 0.2) is 0 Å². The minimum absolute atomic E-state index is 0.207. The third-order valence-electron chi connectivity index (χ3n) is 7.80. The summed E-state index contributed by atoms with van der Waals surface area (Å²) in [5.74, 6) is -3.82. The van der Waals surface area contributed by atoms with E-state index in [1.54, 1.807) is 38.7 Å². The molecule has 5 rings (SSSR count). The molecule has 0 bridgehead atoms. The number of nitrogens with one attached hydrogen (secondary N) is 1. The Morgan fingerprint density at radius 1 is 1.12 bits per heavy atom. The van der Waals surface area contributed by atoms with Crippen LogP contribution in [0.25, 0.3) is 11.3 Å². The molecular formula is C31H33F3N4O5. The van der Waals surface area contributed by atoms with E-state index in [-0.39, 0.29) is 17.8 Å². The van der Waals surface area contributed by atoms with Gasteiger partial charge in [0, 0.05) is 24.7 Å². The van der Waals surface area contributed by atoms with E-state index >= 15 is 0 Å². The van der Waals surface area contributed by atoms with Gasteiger partial charge in [-0.25, -0.2) is 22.9 Å². The van der Waals surface area contributed by atoms with Crippen LogP contribution in [0.1, 0.15) is 69.1 Å². The first-order valence-corrected chi connectivity index (χ1v) is 14.0. The van der Waals surface area contributed by atoms with Crippen LogP contribution in [0.2, 0.25) is 0 Å². The maximum absolute atomic E-state index is 14.6. The van der Waals surface area contributed by atoms with Crippen molar-refractivity contribution in [2.45, 2.75) is 76.4 Å². The van der Waals surface area contributed by atoms with E-state index in [1.165, 1.54) is 12.4 Å². The highest BCUT2D eigenvalue weighted by molar-refractivity contribution is 6.03. The summed E-state index contributed by atoms with van der Waals surface area (Å²) in [6.45, 7) is 7.46. The zero-order valence-corrected chi connectivity index (χ0v) is 24.2. The van der Waals surface area contributed by atoms with Crippen LogP contribution < -0.4 is 5.32 Å². The van der Waals surface area contributed by atoms with Crippen LogP contribution in [-0.4, -0.2) is 61.9 Å². The number of aliphatic hydroxyl groups is 1. The van der Waals surface area contributed by atoms with Gasteiger partial charge in [-0.3, -0.25) is 9.78 Å². The van der Waals surface area contributed by atoms with Crippen LogP contribution >= 0.6 is 0 Å². The van der Waals surface area contributed by atoms with E-state index in [0.717, 1.165) is 30.3 Å². The average molecular weight is 599 g/mol. The van der Waals surface area contributed by atoms with E-state index in [0.29, 0.717) is 24.9 Å². The highest BCUT2D eigenvalue weighted by Crippen LogP contribution is 2.45. The van der Waals surface area contributed by atoms with Gasteiger partial charge >= 0.3 is 6.09 Å². The summed E-state index contributed by atoms with van der Waals surface area (Å²) < 4.78 is 55.2. The Labute approximate surface area is 247 Å². The predicted octanol–water partition coefficient (Wildman–Crippen LogP) is 5.79. The summed E-state index contributed by atoms with van der Waals surface area (Å²) in [5.41, 5.74) is -2.87. The Morgan fingerprint density at radius 3 is 2.53 bits per heavy atom. The molecule has 2 saturated heterocycles. The van der Waals surface area contributed by atoms with Gasteiger partial charge in [0.05, 0.1) is 35.7 Å². The number of nitrogens with zero attached hydrogens (tertiary/aromatic N) is 3. The van der Waals surface area contributed by atoms with Crippen molar-refractivity contribution in [1.29, 1.82) is 0 Å². The zero-order chi connectivity index (χ0) is 31.1. The molecule has 0 spiro atoms. The zero-order valence-electron chi connectivity index (χ0n) is 24.2. The Hall–Kier alpha value is -4.03. The fourth-order valence-corrected chi connectivity index (χ4v) is 5.74. The molecule has 2 N–H and O–H groups in total. The van der Waals surface area contributed by atoms with Crippen molar-refractivity contribution in [3.8, 4) is 11.3 Å². The van der Waals surface area contributed by atoms with Gasteiger partial charge in [0.2, 0.25) is 0 Å². The van der Waals surface area contributed by atoms with E-state index in [2.05, 4.69) is 15.3 Å². The van der Waals surface area contributed by atoms with Gasteiger partial charge in [-0.15, -0.1) is 0 Å². The Morgan fingerprint density at radius 2 is 1.84 bits per heavy atom. The summed E-state index contributed by atoms with van der Waals surface area (Å²) in [7, 11) is 0. The molecule has 2 aliphatic heterocycles. The van der Waals surface area contributed by atoms with Crippen molar-refractivity contribution in [1.82, 2.24) is 14.9 Å². The number of pyridine rings is 2. The number of ether oxygens (including phenoxy) is 2. The van der Waals surface area contributed by atoms with Crippen molar-refractivity contribution in [2.75, 3.05) is 11.9 Å². The molecule has 0 aliphatic carbocycles. The minimum atomic E-state index is -1.31. The lowest BCUT2D eigenvalue weighted by atomic mass is 9.75. The van der Waals surface area contributed by atoms with Crippen LogP contribution in [0.3, 0.4) is 0 Å². The van der Waals surface area contributed by atoms with Gasteiger partial charge in [-0.2, -0.15) is 0 Å². The fraction of sp³-hybridized carbons (Fsp3) is 0.419. The van der Waals surface area contributed by atoms with Crippen molar-refractivity contribution in [2.24, 2.45) is 0 Å². The molecule has 2 fully saturated rings. The van der Waals surface area contributed by atoms with Crippen LogP contribution in [0.4, 0.5) is 23.7 Å². The second kappa shape index (κ2) is 11.6. The molecule has 4 atom stereocenters. The average Bonchev–Trinajstić information content (AvgIpc) is 2.93. The maximum atomic E-state index is 14.6. The van der Waals surface area contributed by atoms with Crippen molar-refractivity contribution < 1.29 is 37.3 Å². The molecule has 2 amide bonds. The molecule has 43 heavy (non-hydrogen) atoms. The first-order chi connectivity index (χ1) is 20.3. The van der Waals surface area contributed by atoms with Crippen LogP contribution in [0.5, 0.6) is 0 Å². The first kappa shape index (κ1) is 30.4. The summed E-state index contributed by atoms with van der Waals surface area (Å²) in [4.78, 5) is 36.0. The number of aromatic nitrogens is 2. The number of hydrogen-bond acceptors (Lipinski definition) is 7. The molecular weight excluding hydrogens is 565 g/mol. The summed E-state index contributed by atoms with van der Waals surface area (Å²) in [6, 6.07) is 6.11. The first-order valence-electron chi connectivity index (χ1n) is 14.0. The molecule has 228 valence electrons.